The van der Waals surface area contributed by atoms with E-state index in [0.29, 0.717) is 6.04 Å². The van der Waals surface area contributed by atoms with Crippen LogP contribution >= 0.6 is 0 Å². The average Bonchev–Trinajstić information content (AvgIpc) is 3.04. The van der Waals surface area contributed by atoms with Crippen LogP contribution in [0.15, 0.2) is 0 Å². The highest BCUT2D eigenvalue weighted by molar-refractivity contribution is 5.87. The highest BCUT2D eigenvalue weighted by atomic mass is 16.4. The Kier molecular flexibility index (Phi) is 4.71. The van der Waals surface area contributed by atoms with Crippen LogP contribution in [0.3, 0.4) is 0 Å². The molecule has 90 valence electrons. The van der Waals surface area contributed by atoms with Crippen molar-refractivity contribution in [1.82, 2.24) is 16.0 Å². The van der Waals surface area contributed by atoms with Crippen LogP contribution < -0.4 is 16.0 Å². The van der Waals surface area contributed by atoms with Crippen LogP contribution in [-0.2, 0) is 14.4 Å². The zero-order chi connectivity index (χ0) is 12.0. The zero-order valence-electron chi connectivity index (χ0n) is 8.78. The van der Waals surface area contributed by atoms with Gasteiger partial charge in [-0.25, -0.2) is 0 Å². The molecule has 1 rings (SSSR count). The van der Waals surface area contributed by atoms with Gasteiger partial charge in [-0.15, -0.1) is 0 Å². The number of amides is 2. The van der Waals surface area contributed by atoms with E-state index in [1.165, 1.54) is 0 Å². The van der Waals surface area contributed by atoms with Gasteiger partial charge in [0, 0.05) is 6.04 Å². The van der Waals surface area contributed by atoms with Crippen molar-refractivity contribution in [3.8, 4) is 0 Å². The first kappa shape index (κ1) is 12.4. The van der Waals surface area contributed by atoms with Gasteiger partial charge in [-0.1, -0.05) is 0 Å². The SMILES string of the molecule is O=C(O)CNC(=O)CNC(=O)CNC1CC1. The summed E-state index contributed by atoms with van der Waals surface area (Å²) in [7, 11) is 0. The number of rotatable bonds is 7. The van der Waals surface area contributed by atoms with E-state index in [1.54, 1.807) is 0 Å². The standard InChI is InChI=1S/C9H15N3O4/c13-7(3-10-6-1-2-6)11-4-8(14)12-5-9(15)16/h6,10H,1-5H2,(H,11,13)(H,12,14)(H,15,16). The van der Waals surface area contributed by atoms with Gasteiger partial charge >= 0.3 is 5.97 Å². The van der Waals surface area contributed by atoms with Gasteiger partial charge in [-0.3, -0.25) is 14.4 Å². The van der Waals surface area contributed by atoms with Gasteiger partial charge < -0.3 is 21.1 Å². The molecule has 1 aliphatic rings. The van der Waals surface area contributed by atoms with Crippen LogP contribution in [0, 0.1) is 0 Å². The second kappa shape index (κ2) is 6.06. The summed E-state index contributed by atoms with van der Waals surface area (Å²) in [6.07, 6.45) is 2.18. The second-order valence-corrected chi connectivity index (χ2v) is 3.60. The fraction of sp³-hybridized carbons (Fsp3) is 0.667. The molecule has 7 nitrogen and oxygen atoms in total. The largest absolute Gasteiger partial charge is 0.480 e. The van der Waals surface area contributed by atoms with Gasteiger partial charge in [-0.2, -0.15) is 0 Å². The van der Waals surface area contributed by atoms with Crippen molar-refractivity contribution in [1.29, 1.82) is 0 Å². The molecule has 0 radical (unpaired) electrons. The molecule has 0 aromatic carbocycles. The summed E-state index contributed by atoms with van der Waals surface area (Å²) in [5.41, 5.74) is 0. The van der Waals surface area contributed by atoms with Gasteiger partial charge in [0.05, 0.1) is 13.1 Å². The number of carbonyl (C=O) groups is 3. The molecule has 1 fully saturated rings. The minimum atomic E-state index is -1.12. The molecular formula is C9H15N3O4. The molecule has 0 unspecified atom stereocenters. The monoisotopic (exact) mass is 229 g/mol. The maximum Gasteiger partial charge on any atom is 0.322 e. The Balaban J connectivity index is 2.00. The van der Waals surface area contributed by atoms with Crippen LogP contribution in [0.1, 0.15) is 12.8 Å². The molecule has 16 heavy (non-hydrogen) atoms. The number of nitrogens with one attached hydrogen (secondary N) is 3. The van der Waals surface area contributed by atoms with Crippen molar-refractivity contribution in [2.24, 2.45) is 0 Å². The normalized spacial score (nSPS) is 14.2. The van der Waals surface area contributed by atoms with Crippen molar-refractivity contribution in [2.75, 3.05) is 19.6 Å². The highest BCUT2D eigenvalue weighted by Crippen LogP contribution is 2.17. The van der Waals surface area contributed by atoms with E-state index in [4.69, 9.17) is 5.11 Å². The predicted molar refractivity (Wildman–Crippen MR) is 54.7 cm³/mol. The first-order valence-electron chi connectivity index (χ1n) is 5.06. The number of carboxylic acid groups (broad SMARTS) is 1. The molecule has 0 heterocycles. The van der Waals surface area contributed by atoms with Crippen molar-refractivity contribution in [2.45, 2.75) is 18.9 Å². The van der Waals surface area contributed by atoms with Crippen LogP contribution in [0.2, 0.25) is 0 Å². The summed E-state index contributed by atoms with van der Waals surface area (Å²) < 4.78 is 0. The lowest BCUT2D eigenvalue weighted by Crippen LogP contribution is -2.42. The van der Waals surface area contributed by atoms with Gasteiger partial charge in [0.15, 0.2) is 0 Å². The molecule has 2 amide bonds. The molecule has 0 atom stereocenters. The Hall–Kier alpha value is -1.63. The van der Waals surface area contributed by atoms with E-state index in [0.717, 1.165) is 12.8 Å². The summed E-state index contributed by atoms with van der Waals surface area (Å²) in [4.78, 5) is 32.3. The van der Waals surface area contributed by atoms with E-state index >= 15 is 0 Å². The lowest BCUT2D eigenvalue weighted by Gasteiger charge is -2.05. The Morgan fingerprint density at radius 3 is 2.12 bits per heavy atom. The second-order valence-electron chi connectivity index (χ2n) is 3.60. The molecule has 0 aromatic rings. The van der Waals surface area contributed by atoms with Crippen molar-refractivity contribution < 1.29 is 19.5 Å². The van der Waals surface area contributed by atoms with Crippen molar-refractivity contribution in [3.63, 3.8) is 0 Å². The predicted octanol–water partition coefficient (Wildman–Crippen LogP) is -1.94. The molecule has 0 aliphatic heterocycles. The fourth-order valence-electron chi connectivity index (χ4n) is 1.00. The van der Waals surface area contributed by atoms with Crippen LogP contribution in [0.4, 0.5) is 0 Å². The summed E-state index contributed by atoms with van der Waals surface area (Å²) in [6, 6.07) is 0.437. The molecule has 0 spiro atoms. The zero-order valence-corrected chi connectivity index (χ0v) is 8.78. The Morgan fingerprint density at radius 1 is 1.00 bits per heavy atom. The number of aliphatic carboxylic acids is 1. The van der Waals surface area contributed by atoms with Gasteiger partial charge in [-0.05, 0) is 12.8 Å². The highest BCUT2D eigenvalue weighted by Gasteiger charge is 2.21. The number of carbonyl (C=O) groups excluding carboxylic acids is 2. The summed E-state index contributed by atoms with van der Waals surface area (Å²) >= 11 is 0. The van der Waals surface area contributed by atoms with E-state index in [1.807, 2.05) is 0 Å². The first-order valence-corrected chi connectivity index (χ1v) is 5.06. The number of hydrogen-bond donors (Lipinski definition) is 4. The molecule has 1 saturated carbocycles. The summed E-state index contributed by atoms with van der Waals surface area (Å²) in [5, 5.41) is 15.8. The molecule has 4 N–H and O–H groups in total. The number of carboxylic acids is 1. The first-order chi connectivity index (χ1) is 7.58. The van der Waals surface area contributed by atoms with Crippen LogP contribution in [0.25, 0.3) is 0 Å². The topological polar surface area (TPSA) is 108 Å². The van der Waals surface area contributed by atoms with E-state index < -0.39 is 18.4 Å². The Morgan fingerprint density at radius 2 is 1.56 bits per heavy atom. The molecule has 0 aromatic heterocycles. The molecule has 0 saturated heterocycles. The molecule has 0 bridgehead atoms. The maximum atomic E-state index is 11.1. The third-order valence-electron chi connectivity index (χ3n) is 2.01. The van der Waals surface area contributed by atoms with Gasteiger partial charge in [0.25, 0.3) is 0 Å². The Labute approximate surface area is 92.6 Å². The van der Waals surface area contributed by atoms with Crippen LogP contribution in [0.5, 0.6) is 0 Å². The molecule has 7 heteroatoms. The third kappa shape index (κ3) is 5.97. The molecule has 1 aliphatic carbocycles. The quantitative estimate of drug-likeness (QED) is 0.406. The van der Waals surface area contributed by atoms with Gasteiger partial charge in [0.2, 0.25) is 11.8 Å². The van der Waals surface area contributed by atoms with Crippen molar-refractivity contribution >= 4 is 17.8 Å². The fourth-order valence-corrected chi connectivity index (χ4v) is 1.00. The Bertz CT molecular complexity index is 288. The van der Waals surface area contributed by atoms with Crippen LogP contribution in [-0.4, -0.2) is 48.6 Å². The average molecular weight is 229 g/mol. The molecular weight excluding hydrogens is 214 g/mol. The lowest BCUT2D eigenvalue weighted by molar-refractivity contribution is -0.137. The number of hydrogen-bond acceptors (Lipinski definition) is 4. The van der Waals surface area contributed by atoms with Gasteiger partial charge in [0.1, 0.15) is 6.54 Å². The maximum absolute atomic E-state index is 11.1. The smallest absolute Gasteiger partial charge is 0.322 e. The van der Waals surface area contributed by atoms with E-state index in [9.17, 15) is 14.4 Å². The third-order valence-corrected chi connectivity index (χ3v) is 2.01. The van der Waals surface area contributed by atoms with Crippen molar-refractivity contribution in [3.05, 3.63) is 0 Å². The minimum absolute atomic E-state index is 0.191. The van der Waals surface area contributed by atoms with E-state index in [-0.39, 0.29) is 19.0 Å². The summed E-state index contributed by atoms with van der Waals surface area (Å²) in [6.45, 7) is -0.440. The minimum Gasteiger partial charge on any atom is -0.480 e. The van der Waals surface area contributed by atoms with E-state index in [2.05, 4.69) is 16.0 Å². The summed E-state index contributed by atoms with van der Waals surface area (Å²) in [5.74, 6) is -1.89. The lowest BCUT2D eigenvalue weighted by atomic mass is 10.5.